The van der Waals surface area contributed by atoms with Crippen molar-refractivity contribution in [1.82, 2.24) is 24.8 Å². The maximum absolute atomic E-state index is 5.04. The standard InChI is InChI=1S/C11H11N5OS/c1-17-6-4-9-13-14-11-16(9)15-10(18-11)8-3-2-5-12-7-8/h2-3,5,7H,4,6H2,1H3. The fourth-order valence-electron chi connectivity index (χ4n) is 1.61. The van der Waals surface area contributed by atoms with Gasteiger partial charge in [-0.3, -0.25) is 4.98 Å². The monoisotopic (exact) mass is 261 g/mol. The quantitative estimate of drug-likeness (QED) is 0.711. The zero-order valence-electron chi connectivity index (χ0n) is 9.78. The van der Waals surface area contributed by atoms with E-state index < -0.39 is 0 Å². The maximum atomic E-state index is 5.04. The molecule has 0 N–H and O–H groups in total. The molecule has 0 bridgehead atoms. The molecule has 0 unspecified atom stereocenters. The van der Waals surface area contributed by atoms with E-state index in [2.05, 4.69) is 20.3 Å². The zero-order valence-corrected chi connectivity index (χ0v) is 10.6. The van der Waals surface area contributed by atoms with Crippen LogP contribution < -0.4 is 0 Å². The van der Waals surface area contributed by atoms with Crippen LogP contribution in [0.1, 0.15) is 5.82 Å². The summed E-state index contributed by atoms with van der Waals surface area (Å²) in [7, 11) is 1.67. The van der Waals surface area contributed by atoms with Crippen molar-refractivity contribution in [3.8, 4) is 10.6 Å². The predicted molar refractivity (Wildman–Crippen MR) is 67.5 cm³/mol. The Bertz CT molecular complexity index is 648. The summed E-state index contributed by atoms with van der Waals surface area (Å²) in [5.74, 6) is 0.818. The highest BCUT2D eigenvalue weighted by molar-refractivity contribution is 7.19. The molecular weight excluding hydrogens is 250 g/mol. The third kappa shape index (κ3) is 1.98. The molecule has 0 aliphatic heterocycles. The van der Waals surface area contributed by atoms with Gasteiger partial charge in [0.25, 0.3) is 0 Å². The molecule has 0 radical (unpaired) electrons. The Morgan fingerprint density at radius 1 is 1.39 bits per heavy atom. The number of hydrogen-bond donors (Lipinski definition) is 0. The molecule has 0 atom stereocenters. The van der Waals surface area contributed by atoms with E-state index in [0.29, 0.717) is 13.0 Å². The normalized spacial score (nSPS) is 11.2. The fraction of sp³-hybridized carbons (Fsp3) is 0.273. The van der Waals surface area contributed by atoms with Crippen LogP contribution in [-0.4, -0.2) is 38.5 Å². The smallest absolute Gasteiger partial charge is 0.234 e. The van der Waals surface area contributed by atoms with Gasteiger partial charge < -0.3 is 4.74 Å². The second kappa shape index (κ2) is 4.79. The molecule has 0 fully saturated rings. The minimum Gasteiger partial charge on any atom is -0.384 e. The fourth-order valence-corrected chi connectivity index (χ4v) is 2.46. The Kier molecular flexibility index (Phi) is 2.99. The molecule has 0 aliphatic carbocycles. The lowest BCUT2D eigenvalue weighted by Gasteiger charge is -1.95. The van der Waals surface area contributed by atoms with E-state index in [0.717, 1.165) is 21.4 Å². The van der Waals surface area contributed by atoms with Crippen molar-refractivity contribution in [3.05, 3.63) is 30.4 Å². The first-order chi connectivity index (χ1) is 8.88. The lowest BCUT2D eigenvalue weighted by atomic mass is 10.3. The number of aromatic nitrogens is 5. The van der Waals surface area contributed by atoms with Crippen LogP contribution in [0.25, 0.3) is 15.5 Å². The second-order valence-electron chi connectivity index (χ2n) is 3.70. The molecule has 3 aromatic heterocycles. The molecule has 0 aromatic carbocycles. The number of pyridine rings is 1. The van der Waals surface area contributed by atoms with Gasteiger partial charge in [-0.15, -0.1) is 10.2 Å². The molecule has 0 saturated carbocycles. The van der Waals surface area contributed by atoms with E-state index in [1.165, 1.54) is 11.3 Å². The lowest BCUT2D eigenvalue weighted by Crippen LogP contribution is -2.01. The molecule has 0 aliphatic rings. The number of hydrogen-bond acceptors (Lipinski definition) is 6. The first kappa shape index (κ1) is 11.2. The van der Waals surface area contributed by atoms with E-state index in [1.54, 1.807) is 24.0 Å². The summed E-state index contributed by atoms with van der Waals surface area (Å²) in [5.41, 5.74) is 0.991. The number of nitrogens with zero attached hydrogens (tertiary/aromatic N) is 5. The van der Waals surface area contributed by atoms with E-state index >= 15 is 0 Å². The number of methoxy groups -OCH3 is 1. The molecule has 3 aromatic rings. The van der Waals surface area contributed by atoms with Crippen molar-refractivity contribution in [1.29, 1.82) is 0 Å². The van der Waals surface area contributed by atoms with E-state index in [4.69, 9.17) is 4.74 Å². The van der Waals surface area contributed by atoms with E-state index in [1.807, 2.05) is 12.1 Å². The maximum Gasteiger partial charge on any atom is 0.234 e. The van der Waals surface area contributed by atoms with Gasteiger partial charge in [0.1, 0.15) is 5.01 Å². The van der Waals surface area contributed by atoms with Crippen molar-refractivity contribution in [2.24, 2.45) is 0 Å². The summed E-state index contributed by atoms with van der Waals surface area (Å²) >= 11 is 1.50. The minimum atomic E-state index is 0.612. The SMILES string of the molecule is COCCc1nnc2sc(-c3cccnc3)nn12. The Morgan fingerprint density at radius 2 is 2.33 bits per heavy atom. The summed E-state index contributed by atoms with van der Waals surface area (Å²) in [5, 5.41) is 13.6. The average molecular weight is 261 g/mol. The summed E-state index contributed by atoms with van der Waals surface area (Å²) in [4.78, 5) is 4.88. The Balaban J connectivity index is 1.99. The van der Waals surface area contributed by atoms with Crippen LogP contribution in [0.2, 0.25) is 0 Å². The number of rotatable bonds is 4. The van der Waals surface area contributed by atoms with Gasteiger partial charge in [-0.25, -0.2) is 0 Å². The zero-order chi connectivity index (χ0) is 12.4. The number of fused-ring (bicyclic) bond motifs is 1. The molecule has 3 heterocycles. The molecule has 6 nitrogen and oxygen atoms in total. The van der Waals surface area contributed by atoms with Gasteiger partial charge in [0, 0.05) is 31.5 Å². The lowest BCUT2D eigenvalue weighted by molar-refractivity contribution is 0.200. The molecule has 7 heteroatoms. The van der Waals surface area contributed by atoms with Gasteiger partial charge in [0.05, 0.1) is 6.61 Å². The number of ether oxygens (including phenoxy) is 1. The van der Waals surface area contributed by atoms with Crippen molar-refractivity contribution >= 4 is 16.3 Å². The summed E-state index contributed by atoms with van der Waals surface area (Å²) < 4.78 is 6.81. The van der Waals surface area contributed by atoms with Crippen LogP contribution in [0, 0.1) is 0 Å². The largest absolute Gasteiger partial charge is 0.384 e. The molecule has 18 heavy (non-hydrogen) atoms. The molecular formula is C11H11N5OS. The average Bonchev–Trinajstić information content (AvgIpc) is 2.98. The van der Waals surface area contributed by atoms with E-state index in [-0.39, 0.29) is 0 Å². The topological polar surface area (TPSA) is 65.2 Å². The van der Waals surface area contributed by atoms with Gasteiger partial charge in [-0.2, -0.15) is 9.61 Å². The van der Waals surface area contributed by atoms with Crippen LogP contribution >= 0.6 is 11.3 Å². The molecule has 92 valence electrons. The summed E-state index contributed by atoms with van der Waals surface area (Å²) in [6, 6.07) is 3.87. The van der Waals surface area contributed by atoms with Gasteiger partial charge in [-0.05, 0) is 12.1 Å². The highest BCUT2D eigenvalue weighted by atomic mass is 32.1. The minimum absolute atomic E-state index is 0.612. The van der Waals surface area contributed by atoms with Crippen molar-refractivity contribution < 1.29 is 4.74 Å². The van der Waals surface area contributed by atoms with Crippen LogP contribution in [0.3, 0.4) is 0 Å². The molecule has 3 rings (SSSR count). The molecule has 0 amide bonds. The third-order valence-corrected chi connectivity index (χ3v) is 3.44. The van der Waals surface area contributed by atoms with Crippen LogP contribution in [0.4, 0.5) is 0 Å². The van der Waals surface area contributed by atoms with Crippen LogP contribution in [0.15, 0.2) is 24.5 Å². The van der Waals surface area contributed by atoms with Crippen molar-refractivity contribution in [3.63, 3.8) is 0 Å². The van der Waals surface area contributed by atoms with Gasteiger partial charge in [0.15, 0.2) is 5.82 Å². The summed E-state index contributed by atoms with van der Waals surface area (Å²) in [6.07, 6.45) is 4.24. The Hall–Kier alpha value is -1.86. The first-order valence-electron chi connectivity index (χ1n) is 5.49. The van der Waals surface area contributed by atoms with Crippen molar-refractivity contribution in [2.75, 3.05) is 13.7 Å². The third-order valence-electron chi connectivity index (χ3n) is 2.49. The first-order valence-corrected chi connectivity index (χ1v) is 6.30. The van der Waals surface area contributed by atoms with Gasteiger partial charge in [-0.1, -0.05) is 11.3 Å². The van der Waals surface area contributed by atoms with Gasteiger partial charge >= 0.3 is 0 Å². The molecule has 0 saturated heterocycles. The van der Waals surface area contributed by atoms with E-state index in [9.17, 15) is 0 Å². The second-order valence-corrected chi connectivity index (χ2v) is 4.66. The summed E-state index contributed by atoms with van der Waals surface area (Å²) in [6.45, 7) is 0.612. The van der Waals surface area contributed by atoms with Crippen LogP contribution in [0.5, 0.6) is 0 Å². The van der Waals surface area contributed by atoms with Gasteiger partial charge in [0.2, 0.25) is 4.96 Å². The highest BCUT2D eigenvalue weighted by Crippen LogP contribution is 2.24. The highest BCUT2D eigenvalue weighted by Gasteiger charge is 2.12. The van der Waals surface area contributed by atoms with Crippen molar-refractivity contribution in [2.45, 2.75) is 6.42 Å². The van der Waals surface area contributed by atoms with Crippen LogP contribution in [-0.2, 0) is 11.2 Å². The molecule has 0 spiro atoms. The predicted octanol–water partition coefficient (Wildman–Crippen LogP) is 1.44. The Labute approximate surface area is 107 Å². The Morgan fingerprint density at radius 3 is 3.11 bits per heavy atom.